The van der Waals surface area contributed by atoms with E-state index in [4.69, 9.17) is 9.47 Å². The maximum Gasteiger partial charge on any atom is 0.294 e. The number of para-hydroxylation sites is 2. The van der Waals surface area contributed by atoms with Gasteiger partial charge >= 0.3 is 0 Å². The molecule has 0 bridgehead atoms. The molecule has 7 heteroatoms. The highest BCUT2D eigenvalue weighted by Gasteiger charge is 2.12. The Hall–Kier alpha value is -3.09. The number of ether oxygens (including phenoxy) is 2. The van der Waals surface area contributed by atoms with Gasteiger partial charge in [0.15, 0.2) is 0 Å². The Morgan fingerprint density at radius 1 is 1.17 bits per heavy atom. The van der Waals surface area contributed by atoms with Gasteiger partial charge in [0.2, 0.25) is 0 Å². The lowest BCUT2D eigenvalue weighted by Crippen LogP contribution is -2.04. The molecule has 0 atom stereocenters. The SMILES string of the molecule is COc1ccc(/C(C)=N/Nc2ccccc2[N+](=O)[O-])c(OC)c1. The van der Waals surface area contributed by atoms with Gasteiger partial charge in [-0.25, -0.2) is 0 Å². The van der Waals surface area contributed by atoms with Crippen LogP contribution in [0.1, 0.15) is 12.5 Å². The van der Waals surface area contributed by atoms with Crippen LogP contribution in [0.4, 0.5) is 11.4 Å². The minimum atomic E-state index is -0.457. The number of nitrogens with one attached hydrogen (secondary N) is 1. The van der Waals surface area contributed by atoms with Crippen LogP contribution in [0, 0.1) is 10.1 Å². The maximum absolute atomic E-state index is 11.0. The minimum absolute atomic E-state index is 0.0363. The molecule has 1 N–H and O–H groups in total. The van der Waals surface area contributed by atoms with Gasteiger partial charge in [0.1, 0.15) is 17.2 Å². The third-order valence-electron chi connectivity index (χ3n) is 3.24. The van der Waals surface area contributed by atoms with Crippen molar-refractivity contribution in [3.8, 4) is 11.5 Å². The molecule has 0 spiro atoms. The summed E-state index contributed by atoms with van der Waals surface area (Å²) in [7, 11) is 3.13. The fraction of sp³-hybridized carbons (Fsp3) is 0.188. The predicted octanol–water partition coefficient (Wildman–Crippen LogP) is 3.45. The summed E-state index contributed by atoms with van der Waals surface area (Å²) in [6, 6.07) is 11.7. The number of anilines is 1. The average Bonchev–Trinajstić information content (AvgIpc) is 2.59. The number of nitro benzene ring substituents is 1. The van der Waals surface area contributed by atoms with E-state index in [1.807, 2.05) is 6.07 Å². The summed E-state index contributed by atoms with van der Waals surface area (Å²) >= 11 is 0. The summed E-state index contributed by atoms with van der Waals surface area (Å²) in [6.45, 7) is 1.78. The Morgan fingerprint density at radius 2 is 1.91 bits per heavy atom. The Bertz CT molecular complexity index is 744. The van der Waals surface area contributed by atoms with E-state index in [1.165, 1.54) is 6.07 Å². The first-order valence-corrected chi connectivity index (χ1v) is 6.83. The normalized spacial score (nSPS) is 11.0. The van der Waals surface area contributed by atoms with E-state index >= 15 is 0 Å². The lowest BCUT2D eigenvalue weighted by molar-refractivity contribution is -0.384. The Balaban J connectivity index is 2.29. The molecule has 2 aromatic rings. The second-order valence-electron chi connectivity index (χ2n) is 4.65. The number of hydrazone groups is 1. The number of hydrogen-bond acceptors (Lipinski definition) is 6. The molecule has 2 aromatic carbocycles. The van der Waals surface area contributed by atoms with E-state index < -0.39 is 4.92 Å². The number of nitrogens with zero attached hydrogens (tertiary/aromatic N) is 2. The molecule has 0 saturated carbocycles. The Labute approximate surface area is 133 Å². The van der Waals surface area contributed by atoms with Gasteiger partial charge in [-0.2, -0.15) is 5.10 Å². The van der Waals surface area contributed by atoms with Gasteiger partial charge in [-0.1, -0.05) is 12.1 Å². The van der Waals surface area contributed by atoms with Gasteiger partial charge in [0.05, 0.1) is 24.9 Å². The van der Waals surface area contributed by atoms with E-state index in [1.54, 1.807) is 51.5 Å². The lowest BCUT2D eigenvalue weighted by Gasteiger charge is -2.10. The molecular formula is C16H17N3O4. The monoisotopic (exact) mass is 315 g/mol. The van der Waals surface area contributed by atoms with Crippen molar-refractivity contribution in [3.63, 3.8) is 0 Å². The molecule has 0 radical (unpaired) electrons. The quantitative estimate of drug-likeness (QED) is 0.501. The van der Waals surface area contributed by atoms with Crippen LogP contribution in [-0.4, -0.2) is 24.9 Å². The smallest absolute Gasteiger partial charge is 0.294 e. The van der Waals surface area contributed by atoms with E-state index in [-0.39, 0.29) is 5.69 Å². The summed E-state index contributed by atoms with van der Waals surface area (Å²) in [4.78, 5) is 10.5. The van der Waals surface area contributed by atoms with Gasteiger partial charge in [-0.15, -0.1) is 0 Å². The first kappa shape index (κ1) is 16.3. The van der Waals surface area contributed by atoms with Crippen molar-refractivity contribution in [2.45, 2.75) is 6.92 Å². The number of rotatable bonds is 6. The molecule has 7 nitrogen and oxygen atoms in total. The molecule has 0 aromatic heterocycles. The highest BCUT2D eigenvalue weighted by Crippen LogP contribution is 2.26. The first-order chi connectivity index (χ1) is 11.1. The van der Waals surface area contributed by atoms with Gasteiger partial charge in [0.25, 0.3) is 5.69 Å². The van der Waals surface area contributed by atoms with Gasteiger partial charge in [0, 0.05) is 17.7 Å². The van der Waals surface area contributed by atoms with Crippen molar-refractivity contribution in [1.29, 1.82) is 0 Å². The standard InChI is InChI=1S/C16H17N3O4/c1-11(13-9-8-12(22-2)10-16(13)23-3)17-18-14-6-4-5-7-15(14)19(20)21/h4-10,18H,1-3H3/b17-11+. The number of nitro groups is 1. The molecule has 23 heavy (non-hydrogen) atoms. The lowest BCUT2D eigenvalue weighted by atomic mass is 10.1. The van der Waals surface area contributed by atoms with Crippen molar-refractivity contribution in [1.82, 2.24) is 0 Å². The fourth-order valence-electron chi connectivity index (χ4n) is 2.03. The number of benzene rings is 2. The highest BCUT2D eigenvalue weighted by molar-refractivity contribution is 6.01. The average molecular weight is 315 g/mol. The summed E-state index contributed by atoms with van der Waals surface area (Å²) < 4.78 is 10.5. The largest absolute Gasteiger partial charge is 0.497 e. The summed E-state index contributed by atoms with van der Waals surface area (Å²) in [5.74, 6) is 1.28. The first-order valence-electron chi connectivity index (χ1n) is 6.83. The van der Waals surface area contributed by atoms with Crippen molar-refractivity contribution in [3.05, 3.63) is 58.1 Å². The van der Waals surface area contributed by atoms with Gasteiger partial charge < -0.3 is 9.47 Å². The number of hydrogen-bond donors (Lipinski definition) is 1. The number of methoxy groups -OCH3 is 2. The molecular weight excluding hydrogens is 298 g/mol. The predicted molar refractivity (Wildman–Crippen MR) is 88.5 cm³/mol. The molecule has 120 valence electrons. The summed E-state index contributed by atoms with van der Waals surface area (Å²) in [5.41, 5.74) is 4.41. The maximum atomic E-state index is 11.0. The second kappa shape index (κ2) is 7.26. The molecule has 0 heterocycles. The summed E-state index contributed by atoms with van der Waals surface area (Å²) in [6.07, 6.45) is 0. The highest BCUT2D eigenvalue weighted by atomic mass is 16.6. The molecule has 2 rings (SSSR count). The van der Waals surface area contributed by atoms with Crippen molar-refractivity contribution < 1.29 is 14.4 Å². The Morgan fingerprint density at radius 3 is 2.57 bits per heavy atom. The second-order valence-corrected chi connectivity index (χ2v) is 4.65. The van der Waals surface area contributed by atoms with E-state index in [0.717, 1.165) is 5.56 Å². The third-order valence-corrected chi connectivity index (χ3v) is 3.24. The van der Waals surface area contributed by atoms with Gasteiger partial charge in [-0.05, 0) is 25.1 Å². The van der Waals surface area contributed by atoms with Crippen molar-refractivity contribution in [2.75, 3.05) is 19.6 Å². The molecule has 0 unspecified atom stereocenters. The van der Waals surface area contributed by atoms with Crippen LogP contribution in [0.2, 0.25) is 0 Å². The molecule has 0 aliphatic heterocycles. The topological polar surface area (TPSA) is 86.0 Å². The van der Waals surface area contributed by atoms with Crippen molar-refractivity contribution >= 4 is 17.1 Å². The molecule has 0 fully saturated rings. The third kappa shape index (κ3) is 3.76. The van der Waals surface area contributed by atoms with E-state index in [2.05, 4.69) is 10.5 Å². The molecule has 0 aliphatic rings. The molecule has 0 amide bonds. The minimum Gasteiger partial charge on any atom is -0.497 e. The van der Waals surface area contributed by atoms with Crippen LogP contribution in [-0.2, 0) is 0 Å². The van der Waals surface area contributed by atoms with Crippen LogP contribution in [0.25, 0.3) is 0 Å². The van der Waals surface area contributed by atoms with E-state index in [0.29, 0.717) is 22.9 Å². The van der Waals surface area contributed by atoms with Crippen LogP contribution in [0.3, 0.4) is 0 Å². The molecule has 0 saturated heterocycles. The Kier molecular flexibility index (Phi) is 5.14. The fourth-order valence-corrected chi connectivity index (χ4v) is 2.03. The zero-order valence-electron chi connectivity index (χ0n) is 13.1. The molecule has 0 aliphatic carbocycles. The van der Waals surface area contributed by atoms with Crippen LogP contribution in [0.15, 0.2) is 47.6 Å². The van der Waals surface area contributed by atoms with Crippen LogP contribution < -0.4 is 14.9 Å². The zero-order valence-corrected chi connectivity index (χ0v) is 13.1. The zero-order chi connectivity index (χ0) is 16.8. The van der Waals surface area contributed by atoms with Crippen molar-refractivity contribution in [2.24, 2.45) is 5.10 Å². The van der Waals surface area contributed by atoms with Gasteiger partial charge in [-0.3, -0.25) is 15.5 Å². The summed E-state index contributed by atoms with van der Waals surface area (Å²) in [5, 5.41) is 15.2. The van der Waals surface area contributed by atoms with Crippen LogP contribution in [0.5, 0.6) is 11.5 Å². The van der Waals surface area contributed by atoms with Crippen LogP contribution >= 0.6 is 0 Å². The van der Waals surface area contributed by atoms with E-state index in [9.17, 15) is 10.1 Å².